The molecule has 6 heteroatoms. The monoisotopic (exact) mass is 546 g/mol. The Balaban J connectivity index is 2.10. The predicted molar refractivity (Wildman–Crippen MR) is 122 cm³/mol. The number of allylic oxidation sites excluding steroid dienone is 4. The first-order chi connectivity index (χ1) is 13.5. The third kappa shape index (κ3) is 3.59. The van der Waals surface area contributed by atoms with E-state index in [4.69, 9.17) is 9.98 Å². The maximum atomic E-state index is 4.94. The van der Waals surface area contributed by atoms with Gasteiger partial charge < -0.3 is 0 Å². The Morgan fingerprint density at radius 2 is 1.07 bits per heavy atom. The van der Waals surface area contributed by atoms with Gasteiger partial charge in [-0.1, -0.05) is 0 Å². The quantitative estimate of drug-likeness (QED) is 0.430. The van der Waals surface area contributed by atoms with Gasteiger partial charge in [0, 0.05) is 0 Å². The van der Waals surface area contributed by atoms with Crippen molar-refractivity contribution < 1.29 is 0 Å². The van der Waals surface area contributed by atoms with E-state index in [-0.39, 0.29) is 0 Å². The molecule has 0 saturated carbocycles. The average molecular weight is 543 g/mol. The molecule has 0 fully saturated rings. The SMILES string of the molecule is CC1=Nc2ccccc2[N]2/C(C)=C\C(C)=Nc3ccccc3[N](/C(C)=C\1)[Ge]2=[Te]. The number of para-hydroxylation sites is 4. The van der Waals surface area contributed by atoms with E-state index in [1.54, 1.807) is 0 Å². The van der Waals surface area contributed by atoms with E-state index in [1.165, 1.54) is 22.8 Å². The first-order valence-corrected chi connectivity index (χ1v) is 18.0. The zero-order valence-corrected chi connectivity index (χ0v) is 20.9. The van der Waals surface area contributed by atoms with Crippen LogP contribution in [0.3, 0.4) is 0 Å². The van der Waals surface area contributed by atoms with Gasteiger partial charge in [-0.05, 0) is 0 Å². The number of hydrogen-bond acceptors (Lipinski definition) is 4. The van der Waals surface area contributed by atoms with Gasteiger partial charge in [0.2, 0.25) is 0 Å². The summed E-state index contributed by atoms with van der Waals surface area (Å²) >= 11 is 2.31. The molecule has 4 rings (SSSR count). The second kappa shape index (κ2) is 7.90. The molecular weight excluding hydrogens is 520 g/mol. The Morgan fingerprint density at radius 3 is 1.50 bits per heavy atom. The number of aliphatic imine (C=N–C) groups is 2. The summed E-state index contributed by atoms with van der Waals surface area (Å²) in [7, 11) is -2.02. The van der Waals surface area contributed by atoms with Crippen LogP contribution in [0.15, 0.2) is 82.1 Å². The van der Waals surface area contributed by atoms with E-state index in [2.05, 4.69) is 115 Å². The third-order valence-electron chi connectivity index (χ3n) is 4.76. The summed E-state index contributed by atoms with van der Waals surface area (Å²) in [6, 6.07) is 16.9. The van der Waals surface area contributed by atoms with Crippen molar-refractivity contribution in [3.8, 4) is 0 Å². The summed E-state index contributed by atoms with van der Waals surface area (Å²) in [6.07, 6.45) is 4.39. The van der Waals surface area contributed by atoms with Crippen molar-refractivity contribution in [1.29, 1.82) is 0 Å². The molecule has 140 valence electrons. The zero-order chi connectivity index (χ0) is 19.8. The van der Waals surface area contributed by atoms with E-state index >= 15 is 0 Å². The van der Waals surface area contributed by atoms with Crippen molar-refractivity contribution in [3.63, 3.8) is 0 Å². The van der Waals surface area contributed by atoms with Gasteiger partial charge in [0.05, 0.1) is 0 Å². The van der Waals surface area contributed by atoms with Crippen LogP contribution in [0.5, 0.6) is 0 Å². The van der Waals surface area contributed by atoms with E-state index in [0.717, 1.165) is 22.8 Å². The van der Waals surface area contributed by atoms with Crippen LogP contribution < -0.4 is 7.71 Å². The van der Waals surface area contributed by atoms with Crippen molar-refractivity contribution in [1.82, 2.24) is 0 Å². The van der Waals surface area contributed by atoms with Gasteiger partial charge in [-0.15, -0.1) is 0 Å². The summed E-state index contributed by atoms with van der Waals surface area (Å²) in [5.74, 6) is 0. The van der Waals surface area contributed by atoms with Gasteiger partial charge in [0.1, 0.15) is 0 Å². The van der Waals surface area contributed by atoms with E-state index in [0.29, 0.717) is 0 Å². The van der Waals surface area contributed by atoms with Crippen LogP contribution in [-0.2, 0) is 0 Å². The normalized spacial score (nSPS) is 20.4. The molecule has 2 aliphatic rings. The molecule has 0 atom stereocenters. The van der Waals surface area contributed by atoms with E-state index in [9.17, 15) is 0 Å². The Morgan fingerprint density at radius 1 is 0.679 bits per heavy atom. The van der Waals surface area contributed by atoms with Crippen molar-refractivity contribution in [3.05, 3.63) is 72.1 Å². The molecule has 2 aromatic carbocycles. The standard InChI is InChI=1S/C22H22GeN4Te/c1-15-13-17(3)26-22-12-8-6-10-20(22)25-16(2)14-18(4)27(23(26)28)21-11-7-5-9-19(21)24-15/h5-14H,1-4H3/b17-13-,18-14-,24-15?,25-16?. The predicted octanol–water partition coefficient (Wildman–Crippen LogP) is 5.17. The van der Waals surface area contributed by atoms with Crippen molar-refractivity contribution >= 4 is 64.5 Å². The zero-order valence-electron chi connectivity index (χ0n) is 16.5. The Hall–Kier alpha value is -1.81. The summed E-state index contributed by atoms with van der Waals surface area (Å²) in [5.41, 5.74) is 8.86. The van der Waals surface area contributed by atoms with E-state index < -0.39 is 11.0 Å². The first-order valence-electron chi connectivity index (χ1n) is 9.25. The van der Waals surface area contributed by atoms with Gasteiger partial charge in [-0.2, -0.15) is 0 Å². The molecule has 0 spiro atoms. The summed E-state index contributed by atoms with van der Waals surface area (Å²) in [6.45, 7) is 8.53. The van der Waals surface area contributed by atoms with Crippen LogP contribution in [0.2, 0.25) is 0 Å². The Bertz CT molecular complexity index is 1010. The molecule has 2 aromatic rings. The van der Waals surface area contributed by atoms with Crippen LogP contribution >= 0.6 is 0 Å². The average Bonchev–Trinajstić information content (AvgIpc) is 2.70. The third-order valence-corrected chi connectivity index (χ3v) is 14.3. The summed E-state index contributed by atoms with van der Waals surface area (Å²) in [4.78, 5) is 9.88. The molecule has 4 nitrogen and oxygen atoms in total. The minimum absolute atomic E-state index is 1.01. The number of hydrogen-bond donors (Lipinski definition) is 0. The van der Waals surface area contributed by atoms with Crippen molar-refractivity contribution in [2.45, 2.75) is 27.7 Å². The molecule has 0 amide bonds. The molecule has 0 unspecified atom stereocenters. The molecule has 2 aliphatic heterocycles. The molecule has 2 heterocycles. The second-order valence-electron chi connectivity index (χ2n) is 7.01. The molecule has 0 aliphatic carbocycles. The summed E-state index contributed by atoms with van der Waals surface area (Å²) in [5, 5.41) is 0. The van der Waals surface area contributed by atoms with Gasteiger partial charge in [-0.25, -0.2) is 0 Å². The molecule has 0 N–H and O–H groups in total. The molecular formula is C22H22GeN4Te. The number of fused-ring (bicyclic) bond motifs is 6. The van der Waals surface area contributed by atoms with Crippen molar-refractivity contribution in [2.24, 2.45) is 9.98 Å². The molecule has 28 heavy (non-hydrogen) atoms. The van der Waals surface area contributed by atoms with Gasteiger partial charge in [0.15, 0.2) is 0 Å². The first kappa shape index (κ1) is 19.5. The topological polar surface area (TPSA) is 31.2 Å². The number of nitrogens with zero attached hydrogens (tertiary/aromatic N) is 4. The number of anilines is 2. The second-order valence-corrected chi connectivity index (χ2v) is 15.5. The van der Waals surface area contributed by atoms with Gasteiger partial charge >= 0.3 is 182 Å². The minimum atomic E-state index is -2.02. The van der Waals surface area contributed by atoms with Crippen molar-refractivity contribution in [2.75, 3.05) is 7.71 Å². The van der Waals surface area contributed by atoms with Gasteiger partial charge in [-0.3, -0.25) is 0 Å². The fourth-order valence-corrected chi connectivity index (χ4v) is 14.5. The van der Waals surface area contributed by atoms with Crippen LogP contribution in [0, 0.1) is 0 Å². The molecule has 0 saturated heterocycles. The fraction of sp³-hybridized carbons (Fsp3) is 0.182. The molecule has 2 bridgehead atoms. The number of rotatable bonds is 0. The van der Waals surface area contributed by atoms with Crippen LogP contribution in [0.1, 0.15) is 27.7 Å². The fourth-order valence-electron chi connectivity index (χ4n) is 3.66. The Labute approximate surface area is 181 Å². The molecule has 0 radical (unpaired) electrons. The van der Waals surface area contributed by atoms with Gasteiger partial charge in [0.25, 0.3) is 0 Å². The number of benzene rings is 2. The van der Waals surface area contributed by atoms with Crippen LogP contribution in [-0.4, -0.2) is 41.7 Å². The van der Waals surface area contributed by atoms with Crippen LogP contribution in [0.4, 0.5) is 22.7 Å². The maximum absolute atomic E-state index is 4.94. The van der Waals surface area contributed by atoms with Crippen LogP contribution in [0.25, 0.3) is 0 Å². The van der Waals surface area contributed by atoms with E-state index in [1.807, 2.05) is 0 Å². The molecule has 0 aromatic heterocycles. The summed E-state index contributed by atoms with van der Waals surface area (Å²) < 4.78 is 5.06. The Kier molecular flexibility index (Phi) is 5.51.